The number of ether oxygens (including phenoxy) is 1. The maximum atomic E-state index is 12.3. The summed E-state index contributed by atoms with van der Waals surface area (Å²) in [5.41, 5.74) is 0. The third-order valence-electron chi connectivity index (χ3n) is 5.87. The van der Waals surface area contributed by atoms with Gasteiger partial charge in [-0.15, -0.1) is 11.6 Å². The molecule has 0 aromatic carbocycles. The highest BCUT2D eigenvalue weighted by Crippen LogP contribution is 2.37. The molecule has 29 heavy (non-hydrogen) atoms. The van der Waals surface area contributed by atoms with Crippen molar-refractivity contribution in [3.63, 3.8) is 0 Å². The molecule has 1 N–H and O–H groups in total. The number of allylic oxidation sites excluding steroid dienone is 2. The Morgan fingerprint density at radius 1 is 0.897 bits per heavy atom. The second kappa shape index (κ2) is 15.8. The van der Waals surface area contributed by atoms with E-state index >= 15 is 0 Å². The van der Waals surface area contributed by atoms with Crippen molar-refractivity contribution < 1.29 is 19.4 Å². The summed E-state index contributed by atoms with van der Waals surface area (Å²) in [5, 5.41) is 9.30. The Kier molecular flexibility index (Phi) is 14.1. The van der Waals surface area contributed by atoms with Crippen LogP contribution in [-0.4, -0.2) is 28.5 Å². The predicted octanol–water partition coefficient (Wildman–Crippen LogP) is 7.04. The first-order chi connectivity index (χ1) is 14.0. The Morgan fingerprint density at radius 2 is 1.38 bits per heavy atom. The van der Waals surface area contributed by atoms with Gasteiger partial charge in [-0.25, -0.2) is 0 Å². The van der Waals surface area contributed by atoms with Gasteiger partial charge in [-0.3, -0.25) is 9.59 Å². The number of esters is 1. The lowest BCUT2D eigenvalue weighted by molar-refractivity contribution is -0.156. The summed E-state index contributed by atoms with van der Waals surface area (Å²) in [6, 6.07) is 0. The molecular formula is C24H41ClO4. The van der Waals surface area contributed by atoms with Crippen LogP contribution in [0.25, 0.3) is 0 Å². The molecule has 1 rings (SSSR count). The lowest BCUT2D eigenvalue weighted by atomic mass is 9.82. The average Bonchev–Trinajstić information content (AvgIpc) is 2.70. The van der Waals surface area contributed by atoms with Gasteiger partial charge in [0.15, 0.2) is 4.87 Å². The van der Waals surface area contributed by atoms with Gasteiger partial charge in [0.2, 0.25) is 0 Å². The third kappa shape index (κ3) is 10.5. The summed E-state index contributed by atoms with van der Waals surface area (Å²) in [6.45, 7) is 2.58. The summed E-state index contributed by atoms with van der Waals surface area (Å²) >= 11 is 6.34. The Hall–Kier alpha value is -1.03. The number of carboxylic acids is 1. The fraction of sp³-hybridized carbons (Fsp3) is 0.833. The molecule has 0 aliphatic heterocycles. The van der Waals surface area contributed by atoms with Crippen LogP contribution < -0.4 is 0 Å². The molecule has 1 aliphatic rings. The van der Waals surface area contributed by atoms with E-state index in [2.05, 4.69) is 6.92 Å². The van der Waals surface area contributed by atoms with Gasteiger partial charge in [-0.2, -0.15) is 0 Å². The third-order valence-corrected chi connectivity index (χ3v) is 6.45. The van der Waals surface area contributed by atoms with E-state index in [-0.39, 0.29) is 12.8 Å². The van der Waals surface area contributed by atoms with Gasteiger partial charge in [-0.1, -0.05) is 103 Å². The topological polar surface area (TPSA) is 63.6 Å². The van der Waals surface area contributed by atoms with Gasteiger partial charge in [0, 0.05) is 0 Å². The molecule has 4 nitrogen and oxygen atoms in total. The molecule has 2 atom stereocenters. The van der Waals surface area contributed by atoms with E-state index in [9.17, 15) is 14.7 Å². The molecule has 0 amide bonds. The molecule has 2 unspecified atom stereocenters. The summed E-state index contributed by atoms with van der Waals surface area (Å²) in [7, 11) is 0. The van der Waals surface area contributed by atoms with E-state index in [1.54, 1.807) is 12.2 Å². The number of carboxylic acid groups (broad SMARTS) is 1. The second-order valence-corrected chi connectivity index (χ2v) is 9.07. The molecule has 5 heteroatoms. The van der Waals surface area contributed by atoms with E-state index < -0.39 is 22.7 Å². The standard InChI is InChI=1S/C24H41ClO4/c1-2-3-4-5-6-7-8-9-10-11-12-13-14-17-20-29-23(28)24(25)19-16-15-18-21(24)22(26)27/h15-16,21H,2-14,17-20H2,1H3,(H,26,27). The number of rotatable bonds is 17. The number of alkyl halides is 1. The number of aliphatic carboxylic acids is 1. The number of carbonyl (C=O) groups excluding carboxylic acids is 1. The summed E-state index contributed by atoms with van der Waals surface area (Å²) in [6.07, 6.45) is 21.8. The van der Waals surface area contributed by atoms with Crippen molar-refractivity contribution in [2.24, 2.45) is 5.92 Å². The van der Waals surface area contributed by atoms with Crippen LogP contribution in [0.2, 0.25) is 0 Å². The molecule has 0 radical (unpaired) electrons. The largest absolute Gasteiger partial charge is 0.481 e. The molecule has 0 heterocycles. The van der Waals surface area contributed by atoms with Gasteiger partial charge in [0.1, 0.15) is 0 Å². The first-order valence-electron chi connectivity index (χ1n) is 11.8. The van der Waals surface area contributed by atoms with E-state index in [4.69, 9.17) is 16.3 Å². The van der Waals surface area contributed by atoms with Crippen LogP contribution in [0.5, 0.6) is 0 Å². The first kappa shape index (κ1) is 26.0. The van der Waals surface area contributed by atoms with Crippen molar-refractivity contribution >= 4 is 23.5 Å². The van der Waals surface area contributed by atoms with Crippen molar-refractivity contribution in [1.29, 1.82) is 0 Å². The summed E-state index contributed by atoms with van der Waals surface area (Å²) in [5.74, 6) is -2.55. The molecule has 0 saturated carbocycles. The SMILES string of the molecule is CCCCCCCCCCCCCCCCOC(=O)C1(Cl)CC=CCC1C(=O)O. The van der Waals surface area contributed by atoms with Gasteiger partial charge < -0.3 is 9.84 Å². The van der Waals surface area contributed by atoms with Crippen LogP contribution in [0, 0.1) is 5.92 Å². The molecule has 0 aromatic rings. The zero-order valence-electron chi connectivity index (χ0n) is 18.3. The van der Waals surface area contributed by atoms with E-state index in [0.717, 1.165) is 19.3 Å². The van der Waals surface area contributed by atoms with Crippen LogP contribution >= 0.6 is 11.6 Å². The number of hydrogen-bond acceptors (Lipinski definition) is 3. The molecule has 0 saturated heterocycles. The molecular weight excluding hydrogens is 388 g/mol. The summed E-state index contributed by atoms with van der Waals surface area (Å²) < 4.78 is 5.30. The molecule has 1 aliphatic carbocycles. The van der Waals surface area contributed by atoms with Crippen molar-refractivity contribution in [3.05, 3.63) is 12.2 Å². The highest BCUT2D eigenvalue weighted by Gasteiger charge is 2.49. The van der Waals surface area contributed by atoms with Gasteiger partial charge in [0.05, 0.1) is 12.5 Å². The van der Waals surface area contributed by atoms with Gasteiger partial charge in [-0.05, 0) is 19.3 Å². The van der Waals surface area contributed by atoms with E-state index in [1.165, 1.54) is 70.6 Å². The smallest absolute Gasteiger partial charge is 0.328 e. The number of unbranched alkanes of at least 4 members (excludes halogenated alkanes) is 13. The van der Waals surface area contributed by atoms with Crippen LogP contribution in [-0.2, 0) is 14.3 Å². The van der Waals surface area contributed by atoms with Gasteiger partial charge >= 0.3 is 11.9 Å². The number of halogens is 1. The number of carbonyl (C=O) groups is 2. The monoisotopic (exact) mass is 428 g/mol. The van der Waals surface area contributed by atoms with Crippen molar-refractivity contribution in [1.82, 2.24) is 0 Å². The minimum absolute atomic E-state index is 0.211. The number of hydrogen-bond donors (Lipinski definition) is 1. The Labute approximate surface area is 182 Å². The zero-order valence-corrected chi connectivity index (χ0v) is 19.1. The van der Waals surface area contributed by atoms with E-state index in [0.29, 0.717) is 6.61 Å². The highest BCUT2D eigenvalue weighted by molar-refractivity contribution is 6.35. The lowest BCUT2D eigenvalue weighted by Crippen LogP contribution is -2.46. The van der Waals surface area contributed by atoms with Crippen molar-refractivity contribution in [2.45, 2.75) is 115 Å². The van der Waals surface area contributed by atoms with Crippen molar-refractivity contribution in [3.8, 4) is 0 Å². The first-order valence-corrected chi connectivity index (χ1v) is 12.1. The molecule has 0 aromatic heterocycles. The Morgan fingerprint density at radius 3 is 1.86 bits per heavy atom. The van der Waals surface area contributed by atoms with E-state index in [1.807, 2.05) is 0 Å². The zero-order chi connectivity index (χ0) is 21.4. The van der Waals surface area contributed by atoms with Crippen LogP contribution in [0.1, 0.15) is 110 Å². The molecule has 168 valence electrons. The normalized spacial score (nSPS) is 21.2. The molecule has 0 spiro atoms. The minimum Gasteiger partial charge on any atom is -0.481 e. The average molecular weight is 429 g/mol. The van der Waals surface area contributed by atoms with Crippen molar-refractivity contribution in [2.75, 3.05) is 6.61 Å². The maximum Gasteiger partial charge on any atom is 0.328 e. The lowest BCUT2D eigenvalue weighted by Gasteiger charge is -2.31. The van der Waals surface area contributed by atoms with Crippen LogP contribution in [0.3, 0.4) is 0 Å². The Bertz CT molecular complexity index is 491. The molecule has 0 fully saturated rings. The predicted molar refractivity (Wildman–Crippen MR) is 119 cm³/mol. The molecule has 0 bridgehead atoms. The van der Waals surface area contributed by atoms with Crippen LogP contribution in [0.15, 0.2) is 12.2 Å². The van der Waals surface area contributed by atoms with Crippen LogP contribution in [0.4, 0.5) is 0 Å². The quantitative estimate of drug-likeness (QED) is 0.117. The van der Waals surface area contributed by atoms with Gasteiger partial charge in [0.25, 0.3) is 0 Å². The second-order valence-electron chi connectivity index (χ2n) is 8.40. The fourth-order valence-electron chi connectivity index (χ4n) is 3.92. The minimum atomic E-state index is -1.46. The fourth-order valence-corrected chi connectivity index (χ4v) is 4.25. The Balaban J connectivity index is 1.97. The maximum absolute atomic E-state index is 12.3. The summed E-state index contributed by atoms with van der Waals surface area (Å²) in [4.78, 5) is 22.2. The highest BCUT2D eigenvalue weighted by atomic mass is 35.5.